The Kier molecular flexibility index (Phi) is 3.61. The average Bonchev–Trinajstić information content (AvgIpc) is 2.81. The minimum atomic E-state index is -2.80. The van der Waals surface area contributed by atoms with Crippen molar-refractivity contribution in [1.29, 1.82) is 0 Å². The van der Waals surface area contributed by atoms with E-state index in [1.807, 2.05) is 6.20 Å². The summed E-state index contributed by atoms with van der Waals surface area (Å²) in [7, 11) is -2.80. The van der Waals surface area contributed by atoms with E-state index in [1.165, 1.54) is 4.88 Å². The number of hydrogen-bond acceptors (Lipinski definition) is 5. The van der Waals surface area contributed by atoms with E-state index < -0.39 is 9.84 Å². The zero-order chi connectivity index (χ0) is 11.6. The summed E-state index contributed by atoms with van der Waals surface area (Å²) in [4.78, 5) is 5.54. The van der Waals surface area contributed by atoms with E-state index in [1.54, 1.807) is 11.3 Å². The molecule has 4 nitrogen and oxygen atoms in total. The fraction of sp³-hybridized carbons (Fsp3) is 0.700. The van der Waals surface area contributed by atoms with Gasteiger partial charge in [-0.05, 0) is 25.8 Å². The van der Waals surface area contributed by atoms with Crippen LogP contribution in [0.4, 0.5) is 0 Å². The summed E-state index contributed by atoms with van der Waals surface area (Å²) in [6.45, 7) is 0.686. The molecule has 6 heteroatoms. The van der Waals surface area contributed by atoms with E-state index in [4.69, 9.17) is 5.73 Å². The molecule has 1 saturated heterocycles. The first-order valence-electron chi connectivity index (χ1n) is 5.46. The number of aryl methyl sites for hydroxylation is 1. The monoisotopic (exact) mass is 260 g/mol. The molecule has 0 aromatic carbocycles. The van der Waals surface area contributed by atoms with E-state index in [0.717, 1.165) is 24.3 Å². The van der Waals surface area contributed by atoms with Gasteiger partial charge in [0.05, 0.1) is 16.5 Å². The third-order valence-corrected chi connectivity index (χ3v) is 5.77. The van der Waals surface area contributed by atoms with Crippen LogP contribution >= 0.6 is 11.3 Å². The topological polar surface area (TPSA) is 73.0 Å². The highest BCUT2D eigenvalue weighted by Crippen LogP contribution is 2.31. The molecule has 1 fully saturated rings. The lowest BCUT2D eigenvalue weighted by molar-refractivity contribution is 0.601. The van der Waals surface area contributed by atoms with Crippen LogP contribution in [0.3, 0.4) is 0 Å². The van der Waals surface area contributed by atoms with Gasteiger partial charge in [-0.25, -0.2) is 13.4 Å². The van der Waals surface area contributed by atoms with Crippen molar-refractivity contribution in [3.8, 4) is 0 Å². The molecule has 16 heavy (non-hydrogen) atoms. The van der Waals surface area contributed by atoms with E-state index in [-0.39, 0.29) is 11.7 Å². The van der Waals surface area contributed by atoms with Crippen LogP contribution in [-0.4, -0.2) is 31.5 Å². The lowest BCUT2D eigenvalue weighted by atomic mass is 10.1. The lowest BCUT2D eigenvalue weighted by Gasteiger charge is -2.00. The fourth-order valence-electron chi connectivity index (χ4n) is 1.89. The second-order valence-electron chi connectivity index (χ2n) is 4.16. The second kappa shape index (κ2) is 4.81. The molecule has 0 radical (unpaired) electrons. The van der Waals surface area contributed by atoms with Gasteiger partial charge in [-0.15, -0.1) is 11.3 Å². The first-order valence-corrected chi connectivity index (χ1v) is 8.09. The summed E-state index contributed by atoms with van der Waals surface area (Å²) in [5, 5.41) is 0.980. The van der Waals surface area contributed by atoms with Crippen molar-refractivity contribution >= 4 is 21.2 Å². The van der Waals surface area contributed by atoms with Gasteiger partial charge in [-0.3, -0.25) is 0 Å². The van der Waals surface area contributed by atoms with E-state index in [2.05, 4.69) is 4.98 Å². The molecule has 2 rings (SSSR count). The van der Waals surface area contributed by atoms with E-state index >= 15 is 0 Å². The molecule has 0 saturated carbocycles. The number of hydrogen-bond donors (Lipinski definition) is 1. The SMILES string of the molecule is NCCCc1cnc(C2CCS(=O)(=O)C2)s1. The lowest BCUT2D eigenvalue weighted by Crippen LogP contribution is -2.03. The third kappa shape index (κ3) is 2.81. The average molecular weight is 260 g/mol. The molecule has 2 N–H and O–H groups in total. The first-order chi connectivity index (χ1) is 7.61. The Morgan fingerprint density at radius 1 is 1.56 bits per heavy atom. The van der Waals surface area contributed by atoms with Crippen LogP contribution in [0, 0.1) is 0 Å². The normalized spacial score (nSPS) is 23.7. The highest BCUT2D eigenvalue weighted by molar-refractivity contribution is 7.91. The van der Waals surface area contributed by atoms with Crippen molar-refractivity contribution in [2.24, 2.45) is 5.73 Å². The van der Waals surface area contributed by atoms with Crippen molar-refractivity contribution in [3.63, 3.8) is 0 Å². The van der Waals surface area contributed by atoms with Crippen molar-refractivity contribution in [1.82, 2.24) is 4.98 Å². The Hall–Kier alpha value is -0.460. The molecule has 0 amide bonds. The number of aromatic nitrogens is 1. The molecule has 1 aromatic rings. The summed E-state index contributed by atoms with van der Waals surface area (Å²) >= 11 is 1.64. The molecular weight excluding hydrogens is 244 g/mol. The van der Waals surface area contributed by atoms with Gasteiger partial charge in [0.1, 0.15) is 0 Å². The molecule has 1 aliphatic rings. The van der Waals surface area contributed by atoms with Crippen LogP contribution in [0.1, 0.15) is 28.6 Å². The summed E-state index contributed by atoms with van der Waals surface area (Å²) in [5.41, 5.74) is 5.45. The number of nitrogens with two attached hydrogens (primary N) is 1. The van der Waals surface area contributed by atoms with Gasteiger partial charge in [-0.2, -0.15) is 0 Å². The van der Waals surface area contributed by atoms with Gasteiger partial charge in [-0.1, -0.05) is 0 Å². The van der Waals surface area contributed by atoms with Gasteiger partial charge >= 0.3 is 0 Å². The zero-order valence-electron chi connectivity index (χ0n) is 9.05. The Morgan fingerprint density at radius 3 is 3.00 bits per heavy atom. The second-order valence-corrected chi connectivity index (χ2v) is 7.53. The molecule has 0 bridgehead atoms. The van der Waals surface area contributed by atoms with Gasteiger partial charge in [0.2, 0.25) is 0 Å². The summed E-state index contributed by atoms with van der Waals surface area (Å²) in [5.74, 6) is 0.716. The van der Waals surface area contributed by atoms with Crippen LogP contribution in [0.5, 0.6) is 0 Å². The number of sulfone groups is 1. The van der Waals surface area contributed by atoms with Gasteiger partial charge in [0.25, 0.3) is 0 Å². The number of thiazole rings is 1. The molecule has 2 heterocycles. The molecule has 0 spiro atoms. The van der Waals surface area contributed by atoms with Crippen molar-refractivity contribution < 1.29 is 8.42 Å². The molecule has 1 aromatic heterocycles. The van der Waals surface area contributed by atoms with E-state index in [0.29, 0.717) is 12.3 Å². The van der Waals surface area contributed by atoms with Gasteiger partial charge in [0.15, 0.2) is 9.84 Å². The Balaban J connectivity index is 2.02. The van der Waals surface area contributed by atoms with Gasteiger partial charge in [0, 0.05) is 17.0 Å². The van der Waals surface area contributed by atoms with E-state index in [9.17, 15) is 8.42 Å². The number of nitrogens with zero attached hydrogens (tertiary/aromatic N) is 1. The predicted molar refractivity (Wildman–Crippen MR) is 65.5 cm³/mol. The Bertz CT molecular complexity index is 453. The molecule has 0 aliphatic carbocycles. The zero-order valence-corrected chi connectivity index (χ0v) is 10.7. The maximum atomic E-state index is 11.4. The van der Waals surface area contributed by atoms with Crippen LogP contribution in [0.2, 0.25) is 0 Å². The smallest absolute Gasteiger partial charge is 0.151 e. The molecule has 1 unspecified atom stereocenters. The largest absolute Gasteiger partial charge is 0.330 e. The molecule has 1 aliphatic heterocycles. The van der Waals surface area contributed by atoms with Crippen LogP contribution in [0.25, 0.3) is 0 Å². The fourth-order valence-corrected chi connectivity index (χ4v) is 4.84. The first kappa shape index (κ1) is 12.0. The maximum absolute atomic E-state index is 11.4. The van der Waals surface area contributed by atoms with Crippen LogP contribution in [-0.2, 0) is 16.3 Å². The predicted octanol–water partition coefficient (Wildman–Crippen LogP) is 0.936. The van der Waals surface area contributed by atoms with Gasteiger partial charge < -0.3 is 5.73 Å². The Morgan fingerprint density at radius 2 is 2.38 bits per heavy atom. The summed E-state index contributed by atoms with van der Waals surface area (Å²) < 4.78 is 22.7. The highest BCUT2D eigenvalue weighted by atomic mass is 32.2. The maximum Gasteiger partial charge on any atom is 0.151 e. The van der Waals surface area contributed by atoms with Crippen molar-refractivity contribution in [2.75, 3.05) is 18.1 Å². The summed E-state index contributed by atoms with van der Waals surface area (Å²) in [6.07, 6.45) is 4.50. The highest BCUT2D eigenvalue weighted by Gasteiger charge is 2.30. The minimum absolute atomic E-state index is 0.127. The van der Waals surface area contributed by atoms with Crippen molar-refractivity contribution in [3.05, 3.63) is 16.1 Å². The Labute approximate surface area is 99.8 Å². The quantitative estimate of drug-likeness (QED) is 0.874. The minimum Gasteiger partial charge on any atom is -0.330 e. The number of rotatable bonds is 4. The standard InChI is InChI=1S/C10H16N2O2S2/c11-4-1-2-9-6-12-10(15-9)8-3-5-16(13,14)7-8/h6,8H,1-5,7,11H2. The van der Waals surface area contributed by atoms with Crippen molar-refractivity contribution in [2.45, 2.75) is 25.2 Å². The molecule has 90 valence electrons. The molecule has 1 atom stereocenters. The summed E-state index contributed by atoms with van der Waals surface area (Å²) in [6, 6.07) is 0. The third-order valence-electron chi connectivity index (χ3n) is 2.78. The van der Waals surface area contributed by atoms with Crippen LogP contribution < -0.4 is 5.73 Å². The molecular formula is C10H16N2O2S2. The van der Waals surface area contributed by atoms with Crippen LogP contribution in [0.15, 0.2) is 6.20 Å².